The minimum Gasteiger partial charge on any atom is -0.478 e. The summed E-state index contributed by atoms with van der Waals surface area (Å²) in [6.07, 6.45) is 1.05. The average Bonchev–Trinajstić information content (AvgIpc) is 2.37. The highest BCUT2D eigenvalue weighted by atomic mass is 16.6. The summed E-state index contributed by atoms with van der Waals surface area (Å²) >= 11 is 0. The maximum atomic E-state index is 10.9. The van der Waals surface area contributed by atoms with E-state index in [1.54, 1.807) is 13.8 Å². The number of aromatic carboxylic acids is 1. The van der Waals surface area contributed by atoms with Crippen molar-refractivity contribution in [2.75, 3.05) is 11.9 Å². The lowest BCUT2D eigenvalue weighted by Gasteiger charge is -2.19. The van der Waals surface area contributed by atoms with Crippen molar-refractivity contribution in [2.24, 2.45) is 5.92 Å². The molecule has 0 bridgehead atoms. The molecule has 0 spiro atoms. The fraction of sp³-hybridized carbons (Fsp3) is 0.455. The number of pyridine rings is 1. The van der Waals surface area contributed by atoms with Crippen molar-refractivity contribution in [1.82, 2.24) is 4.98 Å². The zero-order chi connectivity index (χ0) is 14.6. The second kappa shape index (κ2) is 6.10. The lowest BCUT2D eigenvalue weighted by Crippen LogP contribution is -2.27. The summed E-state index contributed by atoms with van der Waals surface area (Å²) in [7, 11) is 0. The number of nitrogens with one attached hydrogen (secondary N) is 1. The Kier molecular flexibility index (Phi) is 4.76. The van der Waals surface area contributed by atoms with Gasteiger partial charge < -0.3 is 15.5 Å². The highest BCUT2D eigenvalue weighted by Gasteiger charge is 2.21. The van der Waals surface area contributed by atoms with Gasteiger partial charge in [0.05, 0.1) is 10.5 Å². The van der Waals surface area contributed by atoms with Crippen molar-refractivity contribution in [3.8, 4) is 0 Å². The van der Waals surface area contributed by atoms with Crippen LogP contribution in [0.15, 0.2) is 12.3 Å². The highest BCUT2D eigenvalue weighted by Crippen LogP contribution is 2.24. The number of carbonyl (C=O) groups is 1. The lowest BCUT2D eigenvalue weighted by molar-refractivity contribution is -0.384. The van der Waals surface area contributed by atoms with Crippen LogP contribution in [0.4, 0.5) is 11.5 Å². The van der Waals surface area contributed by atoms with Gasteiger partial charge in [-0.2, -0.15) is 0 Å². The molecule has 0 saturated carbocycles. The zero-order valence-electron chi connectivity index (χ0n) is 10.5. The van der Waals surface area contributed by atoms with E-state index >= 15 is 0 Å². The van der Waals surface area contributed by atoms with E-state index in [0.29, 0.717) is 0 Å². The van der Waals surface area contributed by atoms with Gasteiger partial charge in [-0.05, 0) is 12.8 Å². The molecule has 104 valence electrons. The van der Waals surface area contributed by atoms with E-state index in [0.717, 1.165) is 12.3 Å². The van der Waals surface area contributed by atoms with Gasteiger partial charge in [0.15, 0.2) is 0 Å². The zero-order valence-corrected chi connectivity index (χ0v) is 10.5. The normalized spacial score (nSPS) is 13.6. The molecule has 2 atom stereocenters. The van der Waals surface area contributed by atoms with Crippen LogP contribution in [0, 0.1) is 16.0 Å². The Morgan fingerprint density at radius 3 is 2.68 bits per heavy atom. The van der Waals surface area contributed by atoms with Crippen molar-refractivity contribution in [3.63, 3.8) is 0 Å². The number of aliphatic hydroxyl groups is 1. The van der Waals surface area contributed by atoms with Gasteiger partial charge in [0.25, 0.3) is 0 Å². The van der Waals surface area contributed by atoms with Crippen molar-refractivity contribution >= 4 is 17.5 Å². The van der Waals surface area contributed by atoms with Gasteiger partial charge in [0.1, 0.15) is 0 Å². The van der Waals surface area contributed by atoms with Crippen molar-refractivity contribution in [2.45, 2.75) is 19.9 Å². The van der Waals surface area contributed by atoms with Gasteiger partial charge in [-0.15, -0.1) is 0 Å². The van der Waals surface area contributed by atoms with Crippen LogP contribution < -0.4 is 5.32 Å². The number of hydrogen-bond acceptors (Lipinski definition) is 6. The summed E-state index contributed by atoms with van der Waals surface area (Å²) < 4.78 is 0. The summed E-state index contributed by atoms with van der Waals surface area (Å²) in [6.45, 7) is 3.45. The van der Waals surface area contributed by atoms with E-state index in [4.69, 9.17) is 10.2 Å². The summed E-state index contributed by atoms with van der Waals surface area (Å²) in [5.74, 6) is -1.41. The molecular weight excluding hydrogens is 254 g/mol. The van der Waals surface area contributed by atoms with Gasteiger partial charge in [-0.1, -0.05) is 6.92 Å². The summed E-state index contributed by atoms with van der Waals surface area (Å²) in [6, 6.07) is 0.709. The molecule has 1 aromatic heterocycles. The molecule has 0 aliphatic carbocycles. The molecule has 0 radical (unpaired) electrons. The number of aromatic nitrogens is 1. The molecule has 1 heterocycles. The lowest BCUT2D eigenvalue weighted by atomic mass is 10.1. The van der Waals surface area contributed by atoms with E-state index in [1.807, 2.05) is 0 Å². The first-order chi connectivity index (χ1) is 8.86. The van der Waals surface area contributed by atoms with Gasteiger partial charge >= 0.3 is 11.7 Å². The largest absolute Gasteiger partial charge is 0.478 e. The molecule has 8 heteroatoms. The van der Waals surface area contributed by atoms with Crippen LogP contribution in [0.2, 0.25) is 0 Å². The molecule has 2 unspecified atom stereocenters. The minimum atomic E-state index is -1.28. The highest BCUT2D eigenvalue weighted by molar-refractivity contribution is 5.88. The first kappa shape index (κ1) is 14.8. The molecule has 0 aliphatic rings. The average molecular weight is 269 g/mol. The van der Waals surface area contributed by atoms with Crippen LogP contribution in [0.3, 0.4) is 0 Å². The number of aliphatic hydroxyl groups excluding tert-OH is 1. The molecule has 1 aromatic rings. The summed E-state index contributed by atoms with van der Waals surface area (Å²) in [5, 5.41) is 31.5. The fourth-order valence-corrected chi connectivity index (χ4v) is 1.34. The van der Waals surface area contributed by atoms with Crippen molar-refractivity contribution in [3.05, 3.63) is 27.9 Å². The molecule has 3 N–H and O–H groups in total. The topological polar surface area (TPSA) is 126 Å². The maximum Gasteiger partial charge on any atom is 0.337 e. The summed E-state index contributed by atoms with van der Waals surface area (Å²) in [5.41, 5.74) is -0.656. The predicted molar refractivity (Wildman–Crippen MR) is 67.2 cm³/mol. The predicted octanol–water partition coefficient (Wildman–Crippen LogP) is 1.12. The monoisotopic (exact) mass is 269 g/mol. The van der Waals surface area contributed by atoms with E-state index in [9.17, 15) is 14.9 Å². The molecule has 0 fully saturated rings. The molecular formula is C11H15N3O5. The van der Waals surface area contributed by atoms with Gasteiger partial charge in [-0.3, -0.25) is 10.1 Å². The minimum absolute atomic E-state index is 0.0113. The number of nitro groups is 1. The van der Waals surface area contributed by atoms with Crippen molar-refractivity contribution < 1.29 is 19.9 Å². The van der Waals surface area contributed by atoms with E-state index in [-0.39, 0.29) is 29.9 Å². The smallest absolute Gasteiger partial charge is 0.337 e. The molecule has 1 rings (SSSR count). The number of carboxylic acid groups (broad SMARTS) is 1. The first-order valence-corrected chi connectivity index (χ1v) is 5.62. The van der Waals surface area contributed by atoms with Crippen molar-refractivity contribution in [1.29, 1.82) is 0 Å². The summed E-state index contributed by atoms with van der Waals surface area (Å²) in [4.78, 5) is 24.7. The van der Waals surface area contributed by atoms with Gasteiger partial charge in [-0.25, -0.2) is 9.78 Å². The maximum absolute atomic E-state index is 10.9. The Labute approximate surface area is 109 Å². The third-order valence-electron chi connectivity index (χ3n) is 2.82. The van der Waals surface area contributed by atoms with Crippen LogP contribution in [0.25, 0.3) is 0 Å². The fourth-order valence-electron chi connectivity index (χ4n) is 1.34. The second-order valence-corrected chi connectivity index (χ2v) is 4.25. The number of rotatable bonds is 6. The molecule has 0 amide bonds. The third kappa shape index (κ3) is 3.62. The van der Waals surface area contributed by atoms with E-state index in [1.165, 1.54) is 0 Å². The number of nitrogens with zero attached hydrogens (tertiary/aromatic N) is 2. The Bertz CT molecular complexity index is 491. The van der Waals surface area contributed by atoms with Crippen LogP contribution in [0.5, 0.6) is 0 Å². The quantitative estimate of drug-likeness (QED) is 0.521. The Morgan fingerprint density at radius 1 is 1.58 bits per heavy atom. The molecule has 19 heavy (non-hydrogen) atoms. The molecule has 0 saturated heterocycles. The third-order valence-corrected chi connectivity index (χ3v) is 2.82. The number of anilines is 1. The second-order valence-electron chi connectivity index (χ2n) is 4.25. The van der Waals surface area contributed by atoms with Gasteiger partial charge in [0.2, 0.25) is 5.82 Å². The van der Waals surface area contributed by atoms with Crippen LogP contribution in [-0.2, 0) is 0 Å². The first-order valence-electron chi connectivity index (χ1n) is 5.62. The molecule has 0 aromatic carbocycles. The molecule has 0 aliphatic heterocycles. The van der Waals surface area contributed by atoms with E-state index in [2.05, 4.69) is 10.3 Å². The van der Waals surface area contributed by atoms with Crippen LogP contribution in [-0.4, -0.2) is 38.7 Å². The molecule has 8 nitrogen and oxygen atoms in total. The van der Waals surface area contributed by atoms with Gasteiger partial charge in [0, 0.05) is 24.9 Å². The SMILES string of the molecule is CC(CO)C(C)Nc1ncc(C(=O)O)cc1[N+](=O)[O-]. The van der Waals surface area contributed by atoms with Crippen LogP contribution in [0.1, 0.15) is 24.2 Å². The van der Waals surface area contributed by atoms with Crippen LogP contribution >= 0.6 is 0 Å². The Morgan fingerprint density at radius 2 is 2.21 bits per heavy atom. The number of hydrogen-bond donors (Lipinski definition) is 3. The Hall–Kier alpha value is -2.22. The van der Waals surface area contributed by atoms with E-state index < -0.39 is 16.6 Å². The standard InChI is InChI=1S/C11H15N3O5/c1-6(5-15)7(2)13-10-9(14(18)19)3-8(4-12-10)11(16)17/h3-4,6-7,15H,5H2,1-2H3,(H,12,13)(H,16,17). The Balaban J connectivity index is 3.07. The number of carboxylic acids is 1.